The summed E-state index contributed by atoms with van der Waals surface area (Å²) in [7, 11) is 4.95. The lowest BCUT2D eigenvalue weighted by atomic mass is 10.2. The van der Waals surface area contributed by atoms with Crippen LogP contribution in [0, 0.1) is 0 Å². The number of para-hydroxylation sites is 1. The molecule has 1 aromatic rings. The Bertz CT molecular complexity index is 484. The number of nitrogens with zero attached hydrogens (tertiary/aromatic N) is 1. The fourth-order valence-electron chi connectivity index (χ4n) is 2.09. The third kappa shape index (κ3) is 7.26. The summed E-state index contributed by atoms with van der Waals surface area (Å²) in [6, 6.07) is 5.96. The lowest BCUT2D eigenvalue weighted by molar-refractivity contribution is 0.179. The predicted molar refractivity (Wildman–Crippen MR) is 104 cm³/mol. The van der Waals surface area contributed by atoms with E-state index in [4.69, 9.17) is 14.2 Å². The van der Waals surface area contributed by atoms with Crippen LogP contribution in [-0.4, -0.2) is 46.5 Å². The summed E-state index contributed by atoms with van der Waals surface area (Å²) >= 11 is 0. The molecule has 1 aromatic carbocycles. The van der Waals surface area contributed by atoms with Gasteiger partial charge in [-0.15, -0.1) is 24.0 Å². The molecule has 0 aliphatic heterocycles. The smallest absolute Gasteiger partial charge is 0.191 e. The fraction of sp³-hybridized carbons (Fsp3) is 0.562. The number of methoxy groups -OCH3 is 3. The van der Waals surface area contributed by atoms with Gasteiger partial charge in [0, 0.05) is 25.3 Å². The molecule has 0 bridgehead atoms. The highest BCUT2D eigenvalue weighted by molar-refractivity contribution is 14.0. The molecular weight excluding hydrogens is 409 g/mol. The lowest BCUT2D eigenvalue weighted by Crippen LogP contribution is -2.43. The molecular formula is C16H28IN3O3. The van der Waals surface area contributed by atoms with E-state index in [0.29, 0.717) is 18.9 Å². The van der Waals surface area contributed by atoms with Crippen molar-refractivity contribution >= 4 is 29.9 Å². The van der Waals surface area contributed by atoms with Crippen molar-refractivity contribution in [2.45, 2.75) is 26.4 Å². The van der Waals surface area contributed by atoms with Crippen molar-refractivity contribution in [3.05, 3.63) is 23.8 Å². The minimum Gasteiger partial charge on any atom is -0.493 e. The quantitative estimate of drug-likeness (QED) is 0.372. The molecule has 0 heterocycles. The second-order valence-corrected chi connectivity index (χ2v) is 4.85. The van der Waals surface area contributed by atoms with Gasteiger partial charge in [0.1, 0.15) is 0 Å². The van der Waals surface area contributed by atoms with Gasteiger partial charge < -0.3 is 24.8 Å². The maximum atomic E-state index is 5.42. The molecule has 6 nitrogen and oxygen atoms in total. The van der Waals surface area contributed by atoms with E-state index in [2.05, 4.69) is 15.6 Å². The van der Waals surface area contributed by atoms with Crippen molar-refractivity contribution in [1.82, 2.24) is 10.6 Å². The Labute approximate surface area is 156 Å². The predicted octanol–water partition coefficient (Wildman–Crippen LogP) is 2.41. The molecule has 2 N–H and O–H groups in total. The molecule has 1 rings (SSSR count). The molecule has 23 heavy (non-hydrogen) atoms. The number of hydrogen-bond acceptors (Lipinski definition) is 4. The van der Waals surface area contributed by atoms with Crippen molar-refractivity contribution in [1.29, 1.82) is 0 Å². The molecule has 1 unspecified atom stereocenters. The minimum atomic E-state index is 0. The van der Waals surface area contributed by atoms with E-state index in [1.54, 1.807) is 21.3 Å². The maximum Gasteiger partial charge on any atom is 0.191 e. The van der Waals surface area contributed by atoms with Crippen LogP contribution in [0.15, 0.2) is 23.2 Å². The zero-order valence-corrected chi connectivity index (χ0v) is 16.8. The summed E-state index contributed by atoms with van der Waals surface area (Å²) in [6.45, 7) is 5.98. The van der Waals surface area contributed by atoms with Crippen LogP contribution in [-0.2, 0) is 11.3 Å². The topological polar surface area (TPSA) is 64.1 Å². The normalized spacial score (nSPS) is 12.1. The van der Waals surface area contributed by atoms with Gasteiger partial charge in [-0.05, 0) is 19.9 Å². The monoisotopic (exact) mass is 437 g/mol. The second-order valence-electron chi connectivity index (χ2n) is 4.85. The molecule has 0 aliphatic rings. The number of aliphatic imine (C=N–C) groups is 1. The number of nitrogens with one attached hydrogen (secondary N) is 2. The van der Waals surface area contributed by atoms with Gasteiger partial charge in [-0.1, -0.05) is 12.1 Å². The molecule has 0 aliphatic carbocycles. The van der Waals surface area contributed by atoms with Gasteiger partial charge >= 0.3 is 0 Å². The van der Waals surface area contributed by atoms with E-state index >= 15 is 0 Å². The van der Waals surface area contributed by atoms with Crippen LogP contribution in [0.1, 0.15) is 19.4 Å². The van der Waals surface area contributed by atoms with E-state index in [9.17, 15) is 0 Å². The molecule has 0 aromatic heterocycles. The molecule has 0 saturated carbocycles. The Morgan fingerprint density at radius 2 is 1.96 bits per heavy atom. The zero-order valence-electron chi connectivity index (χ0n) is 14.5. The van der Waals surface area contributed by atoms with Crippen molar-refractivity contribution in [2.75, 3.05) is 34.5 Å². The zero-order chi connectivity index (χ0) is 16.4. The minimum absolute atomic E-state index is 0. The van der Waals surface area contributed by atoms with Gasteiger partial charge in [0.05, 0.1) is 27.4 Å². The molecule has 0 spiro atoms. The van der Waals surface area contributed by atoms with E-state index in [-0.39, 0.29) is 30.0 Å². The van der Waals surface area contributed by atoms with Crippen LogP contribution in [0.4, 0.5) is 0 Å². The van der Waals surface area contributed by atoms with Crippen LogP contribution in [0.3, 0.4) is 0 Å². The number of benzene rings is 1. The van der Waals surface area contributed by atoms with Gasteiger partial charge in [0.2, 0.25) is 0 Å². The summed E-state index contributed by atoms with van der Waals surface area (Å²) in [4.78, 5) is 4.59. The molecule has 132 valence electrons. The van der Waals surface area contributed by atoms with Crippen LogP contribution < -0.4 is 20.1 Å². The number of rotatable bonds is 8. The Balaban J connectivity index is 0.00000484. The first kappa shape index (κ1) is 21.8. The Hall–Kier alpha value is -1.22. The first-order valence-electron chi connectivity index (χ1n) is 7.39. The Morgan fingerprint density at radius 1 is 1.22 bits per heavy atom. The first-order chi connectivity index (χ1) is 10.7. The van der Waals surface area contributed by atoms with E-state index in [1.165, 1.54) is 0 Å². The van der Waals surface area contributed by atoms with Crippen molar-refractivity contribution in [2.24, 2.45) is 4.99 Å². The van der Waals surface area contributed by atoms with E-state index in [1.807, 2.05) is 32.0 Å². The summed E-state index contributed by atoms with van der Waals surface area (Å²) in [5.41, 5.74) is 0.971. The molecule has 0 radical (unpaired) electrons. The number of ether oxygens (including phenoxy) is 3. The van der Waals surface area contributed by atoms with Gasteiger partial charge in [-0.25, -0.2) is 4.99 Å². The average Bonchev–Trinajstić information content (AvgIpc) is 2.52. The fourth-order valence-corrected chi connectivity index (χ4v) is 2.09. The first-order valence-corrected chi connectivity index (χ1v) is 7.39. The number of halogens is 1. The van der Waals surface area contributed by atoms with Crippen LogP contribution in [0.5, 0.6) is 11.5 Å². The highest BCUT2D eigenvalue weighted by Gasteiger charge is 2.10. The third-order valence-electron chi connectivity index (χ3n) is 3.04. The molecule has 0 amide bonds. The van der Waals surface area contributed by atoms with Gasteiger partial charge in [0.25, 0.3) is 0 Å². The number of hydrogen-bond donors (Lipinski definition) is 2. The molecule has 0 saturated heterocycles. The largest absolute Gasteiger partial charge is 0.493 e. The standard InChI is InChI=1S/C16H27N3O3.HI/c1-6-17-16(19-12(2)11-20-3)18-10-13-8-7-9-14(21-4)15(13)22-5;/h7-9,12H,6,10-11H2,1-5H3,(H2,17,18,19);1H. The molecule has 1 atom stereocenters. The van der Waals surface area contributed by atoms with Gasteiger partial charge in [-0.2, -0.15) is 0 Å². The average molecular weight is 437 g/mol. The Morgan fingerprint density at radius 3 is 2.52 bits per heavy atom. The van der Waals surface area contributed by atoms with Crippen molar-refractivity contribution in [3.63, 3.8) is 0 Å². The highest BCUT2D eigenvalue weighted by Crippen LogP contribution is 2.30. The van der Waals surface area contributed by atoms with Gasteiger partial charge in [-0.3, -0.25) is 0 Å². The lowest BCUT2D eigenvalue weighted by Gasteiger charge is -2.17. The SMILES string of the molecule is CCNC(=NCc1cccc(OC)c1OC)NC(C)COC.I. The van der Waals surface area contributed by atoms with Crippen LogP contribution >= 0.6 is 24.0 Å². The molecule has 0 fully saturated rings. The second kappa shape index (κ2) is 12.2. The third-order valence-corrected chi connectivity index (χ3v) is 3.04. The van der Waals surface area contributed by atoms with E-state index in [0.717, 1.165) is 23.8 Å². The Kier molecular flexibility index (Phi) is 11.6. The van der Waals surface area contributed by atoms with Gasteiger partial charge in [0.15, 0.2) is 17.5 Å². The number of guanidine groups is 1. The summed E-state index contributed by atoms with van der Waals surface area (Å²) < 4.78 is 15.9. The summed E-state index contributed by atoms with van der Waals surface area (Å²) in [5.74, 6) is 2.17. The van der Waals surface area contributed by atoms with Crippen LogP contribution in [0.25, 0.3) is 0 Å². The summed E-state index contributed by atoms with van der Waals surface area (Å²) in [6.07, 6.45) is 0. The molecule has 7 heteroatoms. The van der Waals surface area contributed by atoms with Crippen molar-refractivity contribution < 1.29 is 14.2 Å². The van der Waals surface area contributed by atoms with Crippen LogP contribution in [0.2, 0.25) is 0 Å². The maximum absolute atomic E-state index is 5.42. The summed E-state index contributed by atoms with van der Waals surface area (Å²) in [5, 5.41) is 6.52. The van der Waals surface area contributed by atoms with E-state index < -0.39 is 0 Å². The van der Waals surface area contributed by atoms with Crippen molar-refractivity contribution in [3.8, 4) is 11.5 Å². The highest BCUT2D eigenvalue weighted by atomic mass is 127.